The Hall–Kier alpha value is 0.882. The molecule has 4 aliphatic rings. The van der Waals surface area contributed by atoms with Gasteiger partial charge in [-0.1, -0.05) is 0 Å². The normalized spacial score (nSPS) is 55.2. The monoisotopic (exact) mass is 361 g/mol. The number of hydrogen-bond donors (Lipinski definition) is 1. The van der Waals surface area contributed by atoms with Crippen molar-refractivity contribution in [1.29, 1.82) is 0 Å². The molecular formula is C10H19NPb. The molecule has 1 nitrogen and oxygen atoms in total. The predicted molar refractivity (Wildman–Crippen MR) is 53.6 cm³/mol. The molecular weight excluding hydrogens is 341 g/mol. The van der Waals surface area contributed by atoms with E-state index in [-0.39, 0.29) is 27.3 Å². The van der Waals surface area contributed by atoms with Gasteiger partial charge in [0.05, 0.1) is 0 Å². The fraction of sp³-hybridized carbons (Fsp3) is 1.00. The van der Waals surface area contributed by atoms with E-state index in [9.17, 15) is 0 Å². The van der Waals surface area contributed by atoms with Crippen LogP contribution in [0.4, 0.5) is 0 Å². The van der Waals surface area contributed by atoms with Crippen LogP contribution in [0.5, 0.6) is 0 Å². The van der Waals surface area contributed by atoms with Crippen LogP contribution in [0.1, 0.15) is 38.5 Å². The molecule has 12 heavy (non-hydrogen) atoms. The van der Waals surface area contributed by atoms with Crippen molar-refractivity contribution in [1.82, 2.24) is 0 Å². The molecule has 0 aromatic carbocycles. The second-order valence-corrected chi connectivity index (χ2v) is 5.28. The molecule has 0 aromatic heterocycles. The SMILES string of the molecule is NC12CC3CC(CC(C3)C1)C2.[PbH2]. The minimum absolute atomic E-state index is 0. The van der Waals surface area contributed by atoms with E-state index in [1.165, 1.54) is 38.5 Å². The number of nitrogens with two attached hydrogens (primary N) is 1. The van der Waals surface area contributed by atoms with E-state index in [1.54, 1.807) is 0 Å². The molecule has 0 spiro atoms. The molecule has 2 radical (unpaired) electrons. The van der Waals surface area contributed by atoms with Crippen LogP contribution in [-0.4, -0.2) is 32.8 Å². The molecule has 2 heteroatoms. The van der Waals surface area contributed by atoms with Crippen LogP contribution < -0.4 is 5.73 Å². The van der Waals surface area contributed by atoms with Crippen LogP contribution in [-0.2, 0) is 0 Å². The predicted octanol–water partition coefficient (Wildman–Crippen LogP) is 0.998. The fourth-order valence-corrected chi connectivity index (χ4v) is 4.18. The molecule has 4 fully saturated rings. The molecule has 0 saturated heterocycles. The second-order valence-electron chi connectivity index (χ2n) is 5.28. The zero-order chi connectivity index (χ0) is 7.47. The first-order valence-corrected chi connectivity index (χ1v) is 5.02. The summed E-state index contributed by atoms with van der Waals surface area (Å²) in [5.41, 5.74) is 6.62. The summed E-state index contributed by atoms with van der Waals surface area (Å²) in [7, 11) is 0. The maximum absolute atomic E-state index is 6.32. The van der Waals surface area contributed by atoms with Crippen LogP contribution in [0.15, 0.2) is 0 Å². The van der Waals surface area contributed by atoms with E-state index in [0.717, 1.165) is 17.8 Å². The van der Waals surface area contributed by atoms with Gasteiger partial charge in [-0.25, -0.2) is 0 Å². The Morgan fingerprint density at radius 2 is 1.17 bits per heavy atom. The van der Waals surface area contributed by atoms with Gasteiger partial charge in [-0.3, -0.25) is 0 Å². The molecule has 4 aliphatic carbocycles. The summed E-state index contributed by atoms with van der Waals surface area (Å²) in [4.78, 5) is 0. The van der Waals surface area contributed by atoms with E-state index in [1.807, 2.05) is 0 Å². The molecule has 0 heterocycles. The first-order chi connectivity index (χ1) is 5.23. The Bertz CT molecular complexity index is 155. The van der Waals surface area contributed by atoms with E-state index >= 15 is 0 Å². The molecule has 0 atom stereocenters. The third kappa shape index (κ3) is 1.37. The van der Waals surface area contributed by atoms with Gasteiger partial charge in [0.1, 0.15) is 0 Å². The van der Waals surface area contributed by atoms with Crippen LogP contribution >= 0.6 is 0 Å². The number of hydrogen-bond acceptors (Lipinski definition) is 1. The fourth-order valence-electron chi connectivity index (χ4n) is 4.18. The van der Waals surface area contributed by atoms with Crippen molar-refractivity contribution < 1.29 is 0 Å². The first kappa shape index (κ1) is 9.44. The summed E-state index contributed by atoms with van der Waals surface area (Å²) in [5, 5.41) is 0. The van der Waals surface area contributed by atoms with Gasteiger partial charge in [-0.2, -0.15) is 0 Å². The molecule has 2 N–H and O–H groups in total. The Kier molecular flexibility index (Phi) is 2.31. The van der Waals surface area contributed by atoms with Gasteiger partial charge >= 0.3 is 27.3 Å². The van der Waals surface area contributed by atoms with Gasteiger partial charge in [-0.15, -0.1) is 0 Å². The Labute approximate surface area is 94.6 Å². The standard InChI is InChI=1S/C10H17N.Pb.2H/c11-10-4-7-1-8(5-10)3-9(2-7)6-10;;;/h7-9H,1-6,11H2;;;. The van der Waals surface area contributed by atoms with Crippen molar-refractivity contribution in [3.05, 3.63) is 0 Å². The molecule has 0 aliphatic heterocycles. The van der Waals surface area contributed by atoms with E-state index in [4.69, 9.17) is 5.73 Å². The Balaban J connectivity index is 0.000000563. The van der Waals surface area contributed by atoms with Gasteiger partial charge in [0.15, 0.2) is 0 Å². The quantitative estimate of drug-likeness (QED) is 0.641. The van der Waals surface area contributed by atoms with E-state index < -0.39 is 0 Å². The van der Waals surface area contributed by atoms with Gasteiger partial charge in [0, 0.05) is 5.54 Å². The Morgan fingerprint density at radius 3 is 1.42 bits per heavy atom. The zero-order valence-electron chi connectivity index (χ0n) is 7.76. The summed E-state index contributed by atoms with van der Waals surface area (Å²) in [6.07, 6.45) is 8.57. The van der Waals surface area contributed by atoms with Gasteiger partial charge in [0.2, 0.25) is 0 Å². The zero-order valence-corrected chi connectivity index (χ0v) is 13.3. The first-order valence-electron chi connectivity index (χ1n) is 5.02. The van der Waals surface area contributed by atoms with Gasteiger partial charge in [0.25, 0.3) is 0 Å². The molecule has 4 rings (SSSR count). The summed E-state index contributed by atoms with van der Waals surface area (Å²) in [6, 6.07) is 0. The van der Waals surface area contributed by atoms with Crippen molar-refractivity contribution >= 4 is 27.3 Å². The van der Waals surface area contributed by atoms with Crippen LogP contribution in [0.2, 0.25) is 0 Å². The topological polar surface area (TPSA) is 26.0 Å². The molecule has 4 saturated carbocycles. The summed E-state index contributed by atoms with van der Waals surface area (Å²) >= 11 is 0. The van der Waals surface area contributed by atoms with E-state index in [2.05, 4.69) is 0 Å². The van der Waals surface area contributed by atoms with Crippen molar-refractivity contribution in [2.75, 3.05) is 0 Å². The molecule has 0 aromatic rings. The third-order valence-corrected chi connectivity index (χ3v) is 4.09. The van der Waals surface area contributed by atoms with Crippen molar-refractivity contribution in [3.63, 3.8) is 0 Å². The van der Waals surface area contributed by atoms with Crippen molar-refractivity contribution in [2.45, 2.75) is 44.1 Å². The number of rotatable bonds is 0. The second kappa shape index (κ2) is 2.94. The van der Waals surface area contributed by atoms with Crippen LogP contribution in [0, 0.1) is 17.8 Å². The van der Waals surface area contributed by atoms with Crippen LogP contribution in [0.3, 0.4) is 0 Å². The van der Waals surface area contributed by atoms with Gasteiger partial charge < -0.3 is 5.73 Å². The maximum atomic E-state index is 6.32. The summed E-state index contributed by atoms with van der Waals surface area (Å²) < 4.78 is 0. The average Bonchev–Trinajstić information content (AvgIpc) is 1.79. The van der Waals surface area contributed by atoms with E-state index in [0.29, 0.717) is 5.54 Å². The minimum atomic E-state index is 0. The molecule has 68 valence electrons. The molecule has 4 bridgehead atoms. The van der Waals surface area contributed by atoms with Crippen molar-refractivity contribution in [3.8, 4) is 0 Å². The average molecular weight is 360 g/mol. The van der Waals surface area contributed by atoms with Gasteiger partial charge in [-0.05, 0) is 56.3 Å². The Morgan fingerprint density at radius 1 is 0.833 bits per heavy atom. The molecule has 0 amide bonds. The third-order valence-electron chi connectivity index (χ3n) is 4.09. The summed E-state index contributed by atoms with van der Waals surface area (Å²) in [6.45, 7) is 0. The van der Waals surface area contributed by atoms with Crippen LogP contribution in [0.25, 0.3) is 0 Å². The van der Waals surface area contributed by atoms with Crippen molar-refractivity contribution in [2.24, 2.45) is 23.5 Å². The summed E-state index contributed by atoms with van der Waals surface area (Å²) in [5.74, 6) is 3.06. The molecule has 0 unspecified atom stereocenters.